The van der Waals surface area contributed by atoms with Gasteiger partial charge in [-0.05, 0) is 49.5 Å². The number of hydrogen-bond acceptors (Lipinski definition) is 7. The van der Waals surface area contributed by atoms with E-state index in [0.29, 0.717) is 36.9 Å². The van der Waals surface area contributed by atoms with Crippen molar-refractivity contribution in [2.24, 2.45) is 11.7 Å². The van der Waals surface area contributed by atoms with Gasteiger partial charge in [0.2, 0.25) is 0 Å². The highest BCUT2D eigenvalue weighted by atomic mass is 16.5. The Kier molecular flexibility index (Phi) is 5.24. The van der Waals surface area contributed by atoms with E-state index in [1.807, 2.05) is 26.0 Å². The smallest absolute Gasteiger partial charge is 0.532 e. The van der Waals surface area contributed by atoms with Gasteiger partial charge in [0.15, 0.2) is 5.82 Å². The quantitative estimate of drug-likeness (QED) is 0.659. The molecule has 1 unspecified atom stereocenters. The van der Waals surface area contributed by atoms with Gasteiger partial charge in [-0.15, -0.1) is 0 Å². The Balaban J connectivity index is 1.69. The van der Waals surface area contributed by atoms with Crippen molar-refractivity contribution in [3.05, 3.63) is 41.0 Å². The summed E-state index contributed by atoms with van der Waals surface area (Å²) in [5.41, 5.74) is 9.05. The first kappa shape index (κ1) is 20.0. The van der Waals surface area contributed by atoms with Crippen molar-refractivity contribution >= 4 is 30.1 Å². The number of carbonyl (C=O) groups is 1. The standard InChI is InChI=1S/C20H22BN5O4/c1-11-5-14(6-15-12(2)7-21(28)30-18(11)15)24-20-16(19(23)27)9-26(25-20)17-10-29-4-3-13(17)8-22/h5-7,9,13,17,28H,3-4,10H2,1-2H3,(H2,23,27)(H,24,25)/t13-,17?/m1/s1. The molecule has 0 saturated carbocycles. The molecule has 1 aromatic carbocycles. The Morgan fingerprint density at radius 2 is 2.27 bits per heavy atom. The minimum absolute atomic E-state index is 0.228. The molecule has 154 valence electrons. The number of hydrogen-bond donors (Lipinski definition) is 3. The number of anilines is 2. The third-order valence-electron chi connectivity index (χ3n) is 5.42. The fourth-order valence-corrected chi connectivity index (χ4v) is 3.86. The predicted molar refractivity (Wildman–Crippen MR) is 111 cm³/mol. The SMILES string of the molecule is CC1=CB(O)Oc2c(C)cc(Nc3nn(C4COCC[C@@H]4C#N)cc3C(N)=O)cc21. The van der Waals surface area contributed by atoms with Gasteiger partial charge < -0.3 is 25.5 Å². The summed E-state index contributed by atoms with van der Waals surface area (Å²) < 4.78 is 12.6. The number of fused-ring (bicyclic) bond motifs is 1. The van der Waals surface area contributed by atoms with Crippen LogP contribution in [0.25, 0.3) is 5.57 Å². The number of aromatic nitrogens is 2. The molecule has 0 aliphatic carbocycles. The number of nitrogens with one attached hydrogen (secondary N) is 1. The maximum atomic E-state index is 12.0. The molecule has 2 atom stereocenters. The second kappa shape index (κ2) is 7.86. The van der Waals surface area contributed by atoms with Crippen molar-refractivity contribution in [3.63, 3.8) is 0 Å². The largest absolute Gasteiger partial charge is 0.552 e. The van der Waals surface area contributed by atoms with Crippen LogP contribution in [0.4, 0.5) is 11.5 Å². The lowest BCUT2D eigenvalue weighted by Crippen LogP contribution is -2.29. The van der Waals surface area contributed by atoms with Crippen molar-refractivity contribution in [1.82, 2.24) is 9.78 Å². The molecule has 1 saturated heterocycles. The molecule has 1 amide bonds. The minimum atomic E-state index is -0.974. The average Bonchev–Trinajstić information content (AvgIpc) is 3.13. The van der Waals surface area contributed by atoms with Crippen molar-refractivity contribution in [2.45, 2.75) is 26.3 Å². The summed E-state index contributed by atoms with van der Waals surface area (Å²) in [5.74, 6) is 1.67. The normalized spacial score (nSPS) is 20.6. The fourth-order valence-electron chi connectivity index (χ4n) is 3.86. The third kappa shape index (κ3) is 3.65. The molecule has 2 aliphatic heterocycles. The van der Waals surface area contributed by atoms with Crippen LogP contribution in [0, 0.1) is 24.2 Å². The summed E-state index contributed by atoms with van der Waals surface area (Å²) in [4.78, 5) is 12.0. The van der Waals surface area contributed by atoms with Crippen LogP contribution in [0.3, 0.4) is 0 Å². The van der Waals surface area contributed by atoms with Crippen molar-refractivity contribution in [1.29, 1.82) is 5.26 Å². The molecule has 0 radical (unpaired) electrons. The fraction of sp³-hybridized carbons (Fsp3) is 0.350. The molecule has 4 rings (SSSR count). The van der Waals surface area contributed by atoms with Crippen LogP contribution in [0.2, 0.25) is 0 Å². The highest BCUT2D eigenvalue weighted by Crippen LogP contribution is 2.37. The Morgan fingerprint density at radius 1 is 1.47 bits per heavy atom. The molecule has 0 bridgehead atoms. The van der Waals surface area contributed by atoms with Gasteiger partial charge >= 0.3 is 7.12 Å². The Hall–Kier alpha value is -3.29. The zero-order chi connectivity index (χ0) is 21.4. The van der Waals surface area contributed by atoms with Gasteiger partial charge in [0.25, 0.3) is 5.91 Å². The number of amides is 1. The number of ether oxygens (including phenoxy) is 1. The van der Waals surface area contributed by atoms with Crippen LogP contribution in [0.5, 0.6) is 5.75 Å². The summed E-state index contributed by atoms with van der Waals surface area (Å²) in [5, 5.41) is 26.9. The number of primary amides is 1. The van der Waals surface area contributed by atoms with Crippen molar-refractivity contribution < 1.29 is 19.2 Å². The van der Waals surface area contributed by atoms with Gasteiger partial charge in [-0.2, -0.15) is 10.4 Å². The first-order valence-corrected chi connectivity index (χ1v) is 9.69. The third-order valence-corrected chi connectivity index (χ3v) is 5.42. The summed E-state index contributed by atoms with van der Waals surface area (Å²) in [6.45, 7) is 4.64. The van der Waals surface area contributed by atoms with Crippen LogP contribution in [-0.2, 0) is 4.74 Å². The highest BCUT2D eigenvalue weighted by Gasteiger charge is 2.30. The van der Waals surface area contributed by atoms with Gasteiger partial charge in [-0.3, -0.25) is 9.48 Å². The van der Waals surface area contributed by atoms with E-state index in [9.17, 15) is 15.1 Å². The number of nitriles is 1. The second-order valence-corrected chi connectivity index (χ2v) is 7.56. The molecule has 2 aliphatic rings. The molecule has 9 nitrogen and oxygen atoms in total. The number of benzene rings is 1. The van der Waals surface area contributed by atoms with E-state index in [0.717, 1.165) is 16.7 Å². The Bertz CT molecular complexity index is 1070. The van der Waals surface area contributed by atoms with Crippen LogP contribution in [-0.4, -0.2) is 41.0 Å². The maximum absolute atomic E-state index is 12.0. The minimum Gasteiger partial charge on any atom is -0.532 e. The summed E-state index contributed by atoms with van der Waals surface area (Å²) >= 11 is 0. The summed E-state index contributed by atoms with van der Waals surface area (Å²) in [7, 11) is -0.974. The zero-order valence-electron chi connectivity index (χ0n) is 16.8. The van der Waals surface area contributed by atoms with E-state index >= 15 is 0 Å². The predicted octanol–water partition coefficient (Wildman–Crippen LogP) is 1.95. The van der Waals surface area contributed by atoms with Crippen LogP contribution in [0.15, 0.2) is 24.3 Å². The first-order chi connectivity index (χ1) is 14.4. The Labute approximate surface area is 174 Å². The number of carbonyl (C=O) groups excluding carboxylic acids is 1. The summed E-state index contributed by atoms with van der Waals surface area (Å²) in [6.07, 6.45) is 2.17. The van der Waals surface area contributed by atoms with Crippen LogP contribution in [0.1, 0.15) is 40.9 Å². The molecule has 2 aromatic rings. The van der Waals surface area contributed by atoms with E-state index in [1.165, 1.54) is 0 Å². The summed E-state index contributed by atoms with van der Waals surface area (Å²) in [6, 6.07) is 5.71. The number of allylic oxidation sites excluding steroid dienone is 1. The number of nitrogens with zero attached hydrogens (tertiary/aromatic N) is 3. The topological polar surface area (TPSA) is 135 Å². The molecule has 3 heterocycles. The van der Waals surface area contributed by atoms with Gasteiger partial charge in [-0.25, -0.2) is 0 Å². The molecule has 10 heteroatoms. The van der Waals surface area contributed by atoms with Crippen LogP contribution < -0.4 is 15.7 Å². The highest BCUT2D eigenvalue weighted by molar-refractivity contribution is 6.52. The maximum Gasteiger partial charge on any atom is 0.552 e. The monoisotopic (exact) mass is 407 g/mol. The van der Waals surface area contributed by atoms with E-state index in [2.05, 4.69) is 16.5 Å². The van der Waals surface area contributed by atoms with E-state index in [4.69, 9.17) is 15.1 Å². The Morgan fingerprint density at radius 3 is 3.00 bits per heavy atom. The molecule has 1 aromatic heterocycles. The van der Waals surface area contributed by atoms with E-state index < -0.39 is 13.0 Å². The van der Waals surface area contributed by atoms with Crippen molar-refractivity contribution in [3.8, 4) is 11.8 Å². The molecule has 4 N–H and O–H groups in total. The number of aryl methyl sites for hydroxylation is 1. The lowest BCUT2D eigenvalue weighted by molar-refractivity contribution is 0.0342. The first-order valence-electron chi connectivity index (χ1n) is 9.69. The van der Waals surface area contributed by atoms with E-state index in [1.54, 1.807) is 16.9 Å². The number of nitrogens with two attached hydrogens (primary N) is 1. The van der Waals surface area contributed by atoms with Gasteiger partial charge in [0.1, 0.15) is 11.3 Å². The van der Waals surface area contributed by atoms with Gasteiger partial charge in [0, 0.05) is 24.1 Å². The van der Waals surface area contributed by atoms with Crippen molar-refractivity contribution in [2.75, 3.05) is 18.5 Å². The lowest BCUT2D eigenvalue weighted by Gasteiger charge is -2.27. The zero-order valence-corrected chi connectivity index (χ0v) is 16.8. The molecule has 0 spiro atoms. The van der Waals surface area contributed by atoms with Gasteiger partial charge in [0.05, 0.1) is 24.6 Å². The molecular formula is C20H22BN5O4. The van der Waals surface area contributed by atoms with Crippen LogP contribution >= 0.6 is 0 Å². The second-order valence-electron chi connectivity index (χ2n) is 7.56. The average molecular weight is 407 g/mol. The number of rotatable bonds is 4. The van der Waals surface area contributed by atoms with Gasteiger partial charge in [-0.1, -0.05) is 0 Å². The molecular weight excluding hydrogens is 385 g/mol. The molecule has 1 fully saturated rings. The van der Waals surface area contributed by atoms with E-state index in [-0.39, 0.29) is 17.5 Å². The lowest BCUT2D eigenvalue weighted by atomic mass is 9.82. The molecule has 30 heavy (non-hydrogen) atoms.